The Morgan fingerprint density at radius 3 is 2.47 bits per heavy atom. The minimum absolute atomic E-state index is 0.0252. The molecule has 3 aromatic carbocycles. The minimum atomic E-state index is -0.0252. The van der Waals surface area contributed by atoms with Crippen LogP contribution in [0.3, 0.4) is 0 Å². The smallest absolute Gasteiger partial charge is 0.248 e. The van der Waals surface area contributed by atoms with E-state index in [2.05, 4.69) is 13.0 Å². The second kappa shape index (κ2) is 9.79. The molecule has 0 aliphatic carbocycles. The molecule has 1 amide bonds. The number of aryl methyl sites for hydroxylation is 2. The van der Waals surface area contributed by atoms with Gasteiger partial charge < -0.3 is 9.30 Å². The molecule has 0 saturated carbocycles. The van der Waals surface area contributed by atoms with Gasteiger partial charge in [0, 0.05) is 12.2 Å². The quantitative estimate of drug-likeness (QED) is 0.344. The van der Waals surface area contributed by atoms with Crippen molar-refractivity contribution in [1.82, 2.24) is 9.55 Å². The van der Waals surface area contributed by atoms with Crippen molar-refractivity contribution in [3.63, 3.8) is 0 Å². The summed E-state index contributed by atoms with van der Waals surface area (Å²) in [6, 6.07) is 24.1. The Hall–Kier alpha value is -3.44. The maximum atomic E-state index is 13.8. The van der Waals surface area contributed by atoms with Gasteiger partial charge in [-0.3, -0.25) is 9.69 Å². The summed E-state index contributed by atoms with van der Waals surface area (Å²) in [4.78, 5) is 20.4. The number of carbonyl (C=O) groups excluding carboxylic acids is 1. The summed E-state index contributed by atoms with van der Waals surface area (Å²) in [5, 5.41) is 0. The van der Waals surface area contributed by atoms with Gasteiger partial charge in [-0.25, -0.2) is 4.98 Å². The molecule has 5 nitrogen and oxygen atoms in total. The monoisotopic (exact) mass is 427 g/mol. The second-order valence-corrected chi connectivity index (χ2v) is 7.76. The number of ether oxygens (including phenoxy) is 1. The fourth-order valence-electron chi connectivity index (χ4n) is 4.10. The Morgan fingerprint density at radius 1 is 0.969 bits per heavy atom. The van der Waals surface area contributed by atoms with E-state index in [-0.39, 0.29) is 19.2 Å². The van der Waals surface area contributed by atoms with E-state index in [0.717, 1.165) is 45.7 Å². The molecule has 0 saturated heterocycles. The van der Waals surface area contributed by atoms with Crippen molar-refractivity contribution in [3.05, 3.63) is 83.9 Å². The van der Waals surface area contributed by atoms with Crippen molar-refractivity contribution in [2.45, 2.75) is 33.7 Å². The van der Waals surface area contributed by atoms with Gasteiger partial charge in [0.1, 0.15) is 19.1 Å². The lowest BCUT2D eigenvalue weighted by atomic mass is 10.0. The molecule has 32 heavy (non-hydrogen) atoms. The molecule has 0 fully saturated rings. The molecule has 0 unspecified atom stereocenters. The minimum Gasteiger partial charge on any atom is -0.361 e. The fourth-order valence-corrected chi connectivity index (χ4v) is 4.10. The van der Waals surface area contributed by atoms with Crippen LogP contribution in [0, 0.1) is 6.92 Å². The summed E-state index contributed by atoms with van der Waals surface area (Å²) >= 11 is 0. The number of hydrogen-bond donors (Lipinski definition) is 0. The van der Waals surface area contributed by atoms with Crippen LogP contribution >= 0.6 is 0 Å². The van der Waals surface area contributed by atoms with Gasteiger partial charge >= 0.3 is 0 Å². The highest BCUT2D eigenvalue weighted by Crippen LogP contribution is 2.28. The zero-order valence-corrected chi connectivity index (χ0v) is 18.9. The van der Waals surface area contributed by atoms with Crippen molar-refractivity contribution in [2.24, 2.45) is 0 Å². The number of amides is 1. The van der Waals surface area contributed by atoms with Crippen LogP contribution in [-0.4, -0.2) is 28.8 Å². The van der Waals surface area contributed by atoms with Gasteiger partial charge in [-0.15, -0.1) is 0 Å². The van der Waals surface area contributed by atoms with Gasteiger partial charge in [-0.05, 0) is 43.5 Å². The number of imidazole rings is 1. The van der Waals surface area contributed by atoms with Crippen LogP contribution in [0.25, 0.3) is 22.4 Å². The lowest BCUT2D eigenvalue weighted by Crippen LogP contribution is -2.37. The standard InChI is InChI=1S/C27H29N3O2/c1-4-21-15-11-12-20(3)26(21)30(19-32-5-2)25(31)18-29-24-17-10-9-16-23(24)28-27(29)22-13-7-6-8-14-22/h6-17H,4-5,18-19H2,1-3H3. The van der Waals surface area contributed by atoms with Crippen molar-refractivity contribution >= 4 is 22.6 Å². The van der Waals surface area contributed by atoms with Crippen molar-refractivity contribution < 1.29 is 9.53 Å². The maximum absolute atomic E-state index is 13.8. The fraction of sp³-hybridized carbons (Fsp3) is 0.259. The molecule has 0 spiro atoms. The summed E-state index contributed by atoms with van der Waals surface area (Å²) < 4.78 is 7.74. The van der Waals surface area contributed by atoms with E-state index in [9.17, 15) is 4.79 Å². The SMILES string of the molecule is CCOCN(C(=O)Cn1c(-c2ccccc2)nc2ccccc21)c1c(C)cccc1CC. The highest BCUT2D eigenvalue weighted by molar-refractivity contribution is 5.96. The third-order valence-corrected chi connectivity index (χ3v) is 5.68. The summed E-state index contributed by atoms with van der Waals surface area (Å²) in [5.74, 6) is 0.764. The Kier molecular flexibility index (Phi) is 6.66. The molecule has 0 radical (unpaired) electrons. The number of fused-ring (bicyclic) bond motifs is 1. The number of carbonyl (C=O) groups is 1. The lowest BCUT2D eigenvalue weighted by molar-refractivity contribution is -0.120. The number of aromatic nitrogens is 2. The van der Waals surface area contributed by atoms with Gasteiger partial charge in [-0.1, -0.05) is 67.6 Å². The Bertz CT molecular complexity index is 1210. The van der Waals surface area contributed by atoms with Crippen molar-refractivity contribution in [3.8, 4) is 11.4 Å². The highest BCUT2D eigenvalue weighted by Gasteiger charge is 2.23. The first-order valence-corrected chi connectivity index (χ1v) is 11.1. The van der Waals surface area contributed by atoms with Crippen LogP contribution in [0.5, 0.6) is 0 Å². The number of anilines is 1. The van der Waals surface area contributed by atoms with E-state index >= 15 is 0 Å². The van der Waals surface area contributed by atoms with E-state index in [0.29, 0.717) is 6.61 Å². The second-order valence-electron chi connectivity index (χ2n) is 7.76. The summed E-state index contributed by atoms with van der Waals surface area (Å²) in [6.07, 6.45) is 0.843. The highest BCUT2D eigenvalue weighted by atomic mass is 16.5. The average molecular weight is 428 g/mol. The third-order valence-electron chi connectivity index (χ3n) is 5.68. The van der Waals surface area contributed by atoms with Gasteiger partial charge in [0.05, 0.1) is 16.7 Å². The van der Waals surface area contributed by atoms with Crippen molar-refractivity contribution in [2.75, 3.05) is 18.2 Å². The molecule has 0 aliphatic heterocycles. The van der Waals surface area contributed by atoms with Crippen LogP contribution in [0.1, 0.15) is 25.0 Å². The van der Waals surface area contributed by atoms with E-state index in [1.54, 1.807) is 4.90 Å². The molecule has 0 bridgehead atoms. The van der Waals surface area contributed by atoms with Crippen LogP contribution in [0.15, 0.2) is 72.8 Å². The molecular weight excluding hydrogens is 398 g/mol. The first-order valence-electron chi connectivity index (χ1n) is 11.1. The predicted molar refractivity (Wildman–Crippen MR) is 130 cm³/mol. The first kappa shape index (κ1) is 21.8. The molecule has 0 aliphatic rings. The molecule has 0 atom stereocenters. The largest absolute Gasteiger partial charge is 0.361 e. The molecule has 4 rings (SSSR count). The van der Waals surface area contributed by atoms with E-state index in [1.165, 1.54) is 0 Å². The number of para-hydroxylation sites is 3. The summed E-state index contributed by atoms with van der Waals surface area (Å²) in [5.41, 5.74) is 5.95. The van der Waals surface area contributed by atoms with Gasteiger partial charge in [0.15, 0.2) is 0 Å². The Balaban J connectivity index is 1.78. The van der Waals surface area contributed by atoms with Crippen LogP contribution < -0.4 is 4.90 Å². The predicted octanol–water partition coefficient (Wildman–Crippen LogP) is 5.60. The lowest BCUT2D eigenvalue weighted by Gasteiger charge is -2.27. The summed E-state index contributed by atoms with van der Waals surface area (Å²) in [6.45, 7) is 7.04. The van der Waals surface area contributed by atoms with E-state index in [4.69, 9.17) is 9.72 Å². The Labute approximate surface area is 189 Å². The third kappa shape index (κ3) is 4.30. The molecule has 4 aromatic rings. The van der Waals surface area contributed by atoms with E-state index < -0.39 is 0 Å². The van der Waals surface area contributed by atoms with E-state index in [1.807, 2.05) is 85.1 Å². The molecule has 164 valence electrons. The van der Waals surface area contributed by atoms with Gasteiger partial charge in [0.2, 0.25) is 5.91 Å². The normalized spacial score (nSPS) is 11.1. The molecule has 1 heterocycles. The average Bonchev–Trinajstić information content (AvgIpc) is 3.19. The van der Waals surface area contributed by atoms with Crippen LogP contribution in [-0.2, 0) is 22.5 Å². The topological polar surface area (TPSA) is 47.4 Å². The molecule has 0 N–H and O–H groups in total. The van der Waals surface area contributed by atoms with Crippen molar-refractivity contribution in [1.29, 1.82) is 0 Å². The number of rotatable bonds is 8. The zero-order chi connectivity index (χ0) is 22.5. The number of benzene rings is 3. The molecular formula is C27H29N3O2. The molecule has 5 heteroatoms. The van der Waals surface area contributed by atoms with Gasteiger partial charge in [0.25, 0.3) is 0 Å². The van der Waals surface area contributed by atoms with Crippen LogP contribution in [0.2, 0.25) is 0 Å². The Morgan fingerprint density at radius 2 is 1.72 bits per heavy atom. The number of hydrogen-bond acceptors (Lipinski definition) is 3. The van der Waals surface area contributed by atoms with Crippen LogP contribution in [0.4, 0.5) is 5.69 Å². The summed E-state index contributed by atoms with van der Waals surface area (Å²) in [7, 11) is 0. The first-order chi connectivity index (χ1) is 15.6. The van der Waals surface area contributed by atoms with Gasteiger partial charge in [-0.2, -0.15) is 0 Å². The maximum Gasteiger partial charge on any atom is 0.248 e. The zero-order valence-electron chi connectivity index (χ0n) is 18.9. The number of nitrogens with zero attached hydrogens (tertiary/aromatic N) is 3. The molecule has 1 aromatic heterocycles.